The molecule has 1 aliphatic heterocycles. The molecule has 142 valence electrons. The van der Waals surface area contributed by atoms with Gasteiger partial charge in [-0.2, -0.15) is 0 Å². The summed E-state index contributed by atoms with van der Waals surface area (Å²) in [6.07, 6.45) is 3.54. The van der Waals surface area contributed by atoms with Gasteiger partial charge >= 0.3 is 0 Å². The van der Waals surface area contributed by atoms with Crippen molar-refractivity contribution in [3.63, 3.8) is 0 Å². The van der Waals surface area contributed by atoms with Crippen molar-refractivity contribution >= 4 is 23.1 Å². The fourth-order valence-electron chi connectivity index (χ4n) is 3.41. The topological polar surface area (TPSA) is 52.6 Å². The van der Waals surface area contributed by atoms with Crippen molar-refractivity contribution in [1.82, 2.24) is 9.97 Å². The summed E-state index contributed by atoms with van der Waals surface area (Å²) in [6, 6.07) is 19.4. The number of nitrogens with zero attached hydrogens (tertiary/aromatic N) is 5. The van der Waals surface area contributed by atoms with E-state index in [1.54, 1.807) is 18.1 Å². The van der Waals surface area contributed by atoms with E-state index in [-0.39, 0.29) is 5.91 Å². The van der Waals surface area contributed by atoms with E-state index in [2.05, 4.69) is 19.8 Å². The fourth-order valence-corrected chi connectivity index (χ4v) is 3.41. The molecule has 0 atom stereocenters. The Bertz CT molecular complexity index is 924. The van der Waals surface area contributed by atoms with E-state index in [9.17, 15) is 4.79 Å². The van der Waals surface area contributed by atoms with Crippen molar-refractivity contribution in [2.24, 2.45) is 0 Å². The number of aromatic nitrogens is 2. The molecule has 0 N–H and O–H groups in total. The van der Waals surface area contributed by atoms with Crippen LogP contribution in [0.25, 0.3) is 0 Å². The average Bonchev–Trinajstić information content (AvgIpc) is 2.79. The van der Waals surface area contributed by atoms with E-state index in [1.165, 1.54) is 0 Å². The van der Waals surface area contributed by atoms with Gasteiger partial charge in [0, 0.05) is 57.0 Å². The van der Waals surface area contributed by atoms with Gasteiger partial charge in [0.05, 0.1) is 0 Å². The number of carbonyl (C=O) groups excluding carboxylic acids is 1. The Balaban J connectivity index is 1.45. The Labute approximate surface area is 165 Å². The Hall–Kier alpha value is -3.41. The van der Waals surface area contributed by atoms with Crippen molar-refractivity contribution in [2.45, 2.75) is 0 Å². The first kappa shape index (κ1) is 18.0. The summed E-state index contributed by atoms with van der Waals surface area (Å²) in [5.41, 5.74) is 2.33. The molecule has 0 radical (unpaired) electrons. The lowest BCUT2D eigenvalue weighted by Crippen LogP contribution is -2.46. The van der Waals surface area contributed by atoms with Crippen LogP contribution in [0.5, 0.6) is 0 Å². The molecule has 3 aromatic rings. The molecule has 0 aliphatic carbocycles. The van der Waals surface area contributed by atoms with Crippen molar-refractivity contribution in [3.05, 3.63) is 78.8 Å². The first-order valence-corrected chi connectivity index (χ1v) is 9.42. The molecule has 1 saturated heterocycles. The molecule has 3 heterocycles. The third kappa shape index (κ3) is 3.81. The van der Waals surface area contributed by atoms with Crippen LogP contribution >= 0.6 is 0 Å². The van der Waals surface area contributed by atoms with Crippen LogP contribution in [-0.4, -0.2) is 49.1 Å². The molecule has 0 spiro atoms. The van der Waals surface area contributed by atoms with Gasteiger partial charge in [-0.15, -0.1) is 0 Å². The molecule has 1 aliphatic rings. The van der Waals surface area contributed by atoms with Crippen molar-refractivity contribution in [3.8, 4) is 0 Å². The van der Waals surface area contributed by atoms with E-state index in [1.807, 2.05) is 66.9 Å². The summed E-state index contributed by atoms with van der Waals surface area (Å²) in [5.74, 6) is 0.900. The maximum absolute atomic E-state index is 12.8. The molecule has 6 heteroatoms. The van der Waals surface area contributed by atoms with Gasteiger partial charge in [0.15, 0.2) is 0 Å². The van der Waals surface area contributed by atoms with Crippen LogP contribution < -0.4 is 14.7 Å². The molecule has 28 heavy (non-hydrogen) atoms. The smallest absolute Gasteiger partial charge is 0.276 e. The quantitative estimate of drug-likeness (QED) is 0.703. The lowest BCUT2D eigenvalue weighted by molar-refractivity contribution is 0.0988. The van der Waals surface area contributed by atoms with Crippen LogP contribution in [0.2, 0.25) is 0 Å². The number of carbonyl (C=O) groups is 1. The first-order chi connectivity index (χ1) is 13.7. The molecule has 2 aromatic heterocycles. The average molecular weight is 373 g/mol. The van der Waals surface area contributed by atoms with Crippen LogP contribution in [0.1, 0.15) is 10.5 Å². The normalized spacial score (nSPS) is 14.0. The lowest BCUT2D eigenvalue weighted by atomic mass is 10.2. The lowest BCUT2D eigenvalue weighted by Gasteiger charge is -2.36. The summed E-state index contributed by atoms with van der Waals surface area (Å²) >= 11 is 0. The minimum Gasteiger partial charge on any atom is -0.368 e. The zero-order valence-electron chi connectivity index (χ0n) is 15.9. The van der Waals surface area contributed by atoms with Crippen LogP contribution in [0.15, 0.2) is 73.1 Å². The summed E-state index contributed by atoms with van der Waals surface area (Å²) in [7, 11) is 1.78. The number of benzene rings is 1. The Morgan fingerprint density at radius 2 is 1.57 bits per heavy atom. The van der Waals surface area contributed by atoms with Gasteiger partial charge in [-0.3, -0.25) is 9.78 Å². The third-order valence-electron chi connectivity index (χ3n) is 5.03. The second-order valence-corrected chi connectivity index (χ2v) is 6.76. The molecule has 0 bridgehead atoms. The minimum absolute atomic E-state index is 0.111. The van der Waals surface area contributed by atoms with E-state index >= 15 is 0 Å². The van der Waals surface area contributed by atoms with Gasteiger partial charge in [-0.1, -0.05) is 24.3 Å². The largest absolute Gasteiger partial charge is 0.368 e. The molecule has 4 rings (SSSR count). The van der Waals surface area contributed by atoms with Gasteiger partial charge in [-0.25, -0.2) is 4.98 Å². The first-order valence-electron chi connectivity index (χ1n) is 9.42. The van der Waals surface area contributed by atoms with Crippen LogP contribution in [0.3, 0.4) is 0 Å². The van der Waals surface area contributed by atoms with E-state index in [4.69, 9.17) is 0 Å². The summed E-state index contributed by atoms with van der Waals surface area (Å²) < 4.78 is 0. The van der Waals surface area contributed by atoms with Crippen molar-refractivity contribution < 1.29 is 4.79 Å². The van der Waals surface area contributed by atoms with Crippen molar-refractivity contribution in [1.29, 1.82) is 0 Å². The number of piperazine rings is 1. The second kappa shape index (κ2) is 8.08. The highest BCUT2D eigenvalue weighted by atomic mass is 16.2. The Morgan fingerprint density at radius 3 is 2.29 bits per heavy atom. The van der Waals surface area contributed by atoms with Crippen LogP contribution in [0, 0.1) is 0 Å². The Kier molecular flexibility index (Phi) is 5.19. The van der Waals surface area contributed by atoms with Gasteiger partial charge in [0.25, 0.3) is 5.91 Å². The monoisotopic (exact) mass is 373 g/mol. The predicted octanol–water partition coefficient (Wildman–Crippen LogP) is 3.08. The van der Waals surface area contributed by atoms with Gasteiger partial charge in [0.1, 0.15) is 11.5 Å². The molecule has 1 amide bonds. The van der Waals surface area contributed by atoms with Crippen molar-refractivity contribution in [2.75, 3.05) is 47.9 Å². The number of para-hydroxylation sites is 1. The minimum atomic E-state index is -0.111. The standard InChI is InChI=1S/C22H23N5O/c1-25(18-7-3-2-4-8-18)22(28)20-17-19(10-12-23-20)26-13-15-27(16-14-26)21-9-5-6-11-24-21/h2-12,17H,13-16H2,1H3. The molecule has 1 aromatic carbocycles. The number of amides is 1. The highest BCUT2D eigenvalue weighted by molar-refractivity contribution is 6.04. The maximum atomic E-state index is 12.8. The zero-order chi connectivity index (χ0) is 19.3. The van der Waals surface area contributed by atoms with Gasteiger partial charge < -0.3 is 14.7 Å². The third-order valence-corrected chi connectivity index (χ3v) is 5.03. The summed E-state index contributed by atoms with van der Waals surface area (Å²) in [5, 5.41) is 0. The van der Waals surface area contributed by atoms with Gasteiger partial charge in [0.2, 0.25) is 0 Å². The Morgan fingerprint density at radius 1 is 0.857 bits per heavy atom. The van der Waals surface area contributed by atoms with E-state index in [0.29, 0.717) is 5.69 Å². The summed E-state index contributed by atoms with van der Waals surface area (Å²) in [4.78, 5) is 27.8. The highest BCUT2D eigenvalue weighted by Crippen LogP contribution is 2.21. The number of anilines is 3. The second-order valence-electron chi connectivity index (χ2n) is 6.76. The number of pyridine rings is 2. The molecular weight excluding hydrogens is 350 g/mol. The number of rotatable bonds is 4. The SMILES string of the molecule is CN(C(=O)c1cc(N2CCN(c3ccccn3)CC2)ccn1)c1ccccc1. The van der Waals surface area contributed by atoms with Crippen LogP contribution in [0.4, 0.5) is 17.2 Å². The zero-order valence-corrected chi connectivity index (χ0v) is 15.9. The molecule has 1 fully saturated rings. The van der Waals surface area contributed by atoms with E-state index < -0.39 is 0 Å². The molecule has 0 unspecified atom stereocenters. The summed E-state index contributed by atoms with van der Waals surface area (Å²) in [6.45, 7) is 3.55. The predicted molar refractivity (Wildman–Crippen MR) is 112 cm³/mol. The van der Waals surface area contributed by atoms with Gasteiger partial charge in [-0.05, 0) is 36.4 Å². The number of hydrogen-bond acceptors (Lipinski definition) is 5. The highest BCUT2D eigenvalue weighted by Gasteiger charge is 2.20. The van der Waals surface area contributed by atoms with E-state index in [0.717, 1.165) is 43.4 Å². The molecule has 0 saturated carbocycles. The van der Waals surface area contributed by atoms with Crippen LogP contribution in [-0.2, 0) is 0 Å². The molecular formula is C22H23N5O. The maximum Gasteiger partial charge on any atom is 0.276 e. The molecule has 6 nitrogen and oxygen atoms in total. The number of hydrogen-bond donors (Lipinski definition) is 0. The fraction of sp³-hybridized carbons (Fsp3) is 0.227.